The number of hydrogen-bond acceptors (Lipinski definition) is 3. The summed E-state index contributed by atoms with van der Waals surface area (Å²) in [6.45, 7) is 4.00. The highest BCUT2D eigenvalue weighted by Crippen LogP contribution is 2.06. The van der Waals surface area contributed by atoms with Gasteiger partial charge in [-0.1, -0.05) is 0 Å². The molecule has 1 aliphatic heterocycles. The van der Waals surface area contributed by atoms with E-state index < -0.39 is 6.09 Å². The van der Waals surface area contributed by atoms with Crippen molar-refractivity contribution < 1.29 is 9.53 Å². The minimum atomic E-state index is -0.459. The van der Waals surface area contributed by atoms with Gasteiger partial charge in [0.25, 0.3) is 0 Å². The van der Waals surface area contributed by atoms with Gasteiger partial charge in [0.05, 0.1) is 6.61 Å². The molecular formula is C8H14N2O2S. The highest BCUT2D eigenvalue weighted by Gasteiger charge is 2.16. The maximum atomic E-state index is 11.0. The van der Waals surface area contributed by atoms with Crippen LogP contribution in [0.25, 0.3) is 0 Å². The minimum Gasteiger partial charge on any atom is -0.450 e. The third-order valence-corrected chi connectivity index (χ3v) is 2.24. The van der Waals surface area contributed by atoms with E-state index in [0.29, 0.717) is 11.7 Å². The monoisotopic (exact) mass is 202 g/mol. The molecular weight excluding hydrogens is 188 g/mol. The SMILES string of the molecule is CCOC(=O)NC(=S)N1CCCC1. The van der Waals surface area contributed by atoms with Gasteiger partial charge in [-0.25, -0.2) is 4.79 Å². The molecule has 4 nitrogen and oxygen atoms in total. The molecule has 0 aromatic rings. The van der Waals surface area contributed by atoms with Crippen LogP contribution in [0.5, 0.6) is 0 Å². The third kappa shape index (κ3) is 3.18. The Hall–Kier alpha value is -0.840. The predicted molar refractivity (Wildman–Crippen MR) is 53.6 cm³/mol. The molecule has 0 aromatic carbocycles. The van der Waals surface area contributed by atoms with Gasteiger partial charge in [0.1, 0.15) is 0 Å². The Morgan fingerprint density at radius 3 is 2.69 bits per heavy atom. The zero-order chi connectivity index (χ0) is 9.68. The van der Waals surface area contributed by atoms with E-state index in [9.17, 15) is 4.79 Å². The van der Waals surface area contributed by atoms with Crippen LogP contribution in [0.4, 0.5) is 4.79 Å². The molecule has 1 heterocycles. The van der Waals surface area contributed by atoms with E-state index in [1.54, 1.807) is 6.92 Å². The molecule has 0 atom stereocenters. The topological polar surface area (TPSA) is 41.6 Å². The molecule has 0 radical (unpaired) electrons. The molecule has 0 aromatic heterocycles. The quantitative estimate of drug-likeness (QED) is 0.647. The van der Waals surface area contributed by atoms with Crippen molar-refractivity contribution in [2.45, 2.75) is 19.8 Å². The van der Waals surface area contributed by atoms with Crippen LogP contribution in [0.3, 0.4) is 0 Å². The van der Waals surface area contributed by atoms with Crippen molar-refractivity contribution >= 4 is 23.4 Å². The molecule has 1 saturated heterocycles. The van der Waals surface area contributed by atoms with Crippen LogP contribution in [0.1, 0.15) is 19.8 Å². The van der Waals surface area contributed by atoms with Crippen LogP contribution in [0, 0.1) is 0 Å². The van der Waals surface area contributed by atoms with Gasteiger partial charge < -0.3 is 9.64 Å². The van der Waals surface area contributed by atoms with Crippen LogP contribution in [-0.4, -0.2) is 35.8 Å². The number of nitrogens with zero attached hydrogens (tertiary/aromatic N) is 1. The molecule has 1 amide bonds. The van der Waals surface area contributed by atoms with Crippen LogP contribution in [-0.2, 0) is 4.74 Å². The number of amides is 1. The largest absolute Gasteiger partial charge is 0.450 e. The minimum absolute atomic E-state index is 0.369. The van der Waals surface area contributed by atoms with Crippen LogP contribution >= 0.6 is 12.2 Å². The van der Waals surface area contributed by atoms with E-state index in [2.05, 4.69) is 5.32 Å². The van der Waals surface area contributed by atoms with Gasteiger partial charge in [-0.3, -0.25) is 5.32 Å². The lowest BCUT2D eigenvalue weighted by Crippen LogP contribution is -2.41. The number of ether oxygens (including phenoxy) is 1. The first-order valence-electron chi connectivity index (χ1n) is 4.46. The second-order valence-electron chi connectivity index (χ2n) is 2.84. The summed E-state index contributed by atoms with van der Waals surface area (Å²) in [6.07, 6.45) is 1.83. The highest BCUT2D eigenvalue weighted by atomic mass is 32.1. The standard InChI is InChI=1S/C8H14N2O2S/c1-2-12-8(11)9-7(13)10-5-3-4-6-10/h2-6H2,1H3,(H,9,11,13). The molecule has 1 fully saturated rings. The first-order valence-corrected chi connectivity index (χ1v) is 4.87. The molecule has 0 unspecified atom stereocenters. The highest BCUT2D eigenvalue weighted by molar-refractivity contribution is 7.80. The first kappa shape index (κ1) is 10.2. The lowest BCUT2D eigenvalue weighted by Gasteiger charge is -2.18. The van der Waals surface area contributed by atoms with Crippen LogP contribution in [0.2, 0.25) is 0 Å². The smallest absolute Gasteiger partial charge is 0.413 e. The molecule has 0 bridgehead atoms. The zero-order valence-corrected chi connectivity index (χ0v) is 8.52. The maximum Gasteiger partial charge on any atom is 0.413 e. The van der Waals surface area contributed by atoms with E-state index in [-0.39, 0.29) is 0 Å². The first-order chi connectivity index (χ1) is 6.24. The van der Waals surface area contributed by atoms with Crippen molar-refractivity contribution in [2.24, 2.45) is 0 Å². The summed E-state index contributed by atoms with van der Waals surface area (Å²) < 4.78 is 4.71. The number of thiocarbonyl (C=S) groups is 1. The normalized spacial score (nSPS) is 15.6. The molecule has 1 N–H and O–H groups in total. The van der Waals surface area contributed by atoms with E-state index >= 15 is 0 Å². The van der Waals surface area contributed by atoms with E-state index in [4.69, 9.17) is 17.0 Å². The Kier molecular flexibility index (Phi) is 3.95. The van der Waals surface area contributed by atoms with Crippen molar-refractivity contribution in [3.8, 4) is 0 Å². The summed E-state index contributed by atoms with van der Waals surface area (Å²) in [6, 6.07) is 0. The molecule has 0 saturated carbocycles. The fourth-order valence-corrected chi connectivity index (χ4v) is 1.52. The molecule has 0 spiro atoms. The average Bonchev–Trinajstić information content (AvgIpc) is 2.55. The van der Waals surface area contributed by atoms with Crippen molar-refractivity contribution in [3.63, 3.8) is 0 Å². The lowest BCUT2D eigenvalue weighted by molar-refractivity contribution is 0.157. The van der Waals surface area contributed by atoms with E-state index in [1.807, 2.05) is 4.90 Å². The van der Waals surface area contributed by atoms with Crippen molar-refractivity contribution in [2.75, 3.05) is 19.7 Å². The number of rotatable bonds is 1. The lowest BCUT2D eigenvalue weighted by atomic mass is 10.4. The van der Waals surface area contributed by atoms with Crippen molar-refractivity contribution in [1.29, 1.82) is 0 Å². The van der Waals surface area contributed by atoms with Crippen molar-refractivity contribution in [1.82, 2.24) is 10.2 Å². The molecule has 0 aliphatic carbocycles. The fourth-order valence-electron chi connectivity index (χ4n) is 1.25. The average molecular weight is 202 g/mol. The summed E-state index contributed by atoms with van der Waals surface area (Å²) in [5, 5.41) is 3.00. The maximum absolute atomic E-state index is 11.0. The van der Waals surface area contributed by atoms with Gasteiger partial charge in [-0.15, -0.1) is 0 Å². The van der Waals surface area contributed by atoms with E-state index in [1.165, 1.54) is 0 Å². The summed E-state index contributed by atoms with van der Waals surface area (Å²) in [5.41, 5.74) is 0. The van der Waals surface area contributed by atoms with Gasteiger partial charge in [-0.05, 0) is 32.0 Å². The number of carbonyl (C=O) groups is 1. The third-order valence-electron chi connectivity index (χ3n) is 1.88. The Balaban J connectivity index is 2.27. The van der Waals surface area contributed by atoms with Gasteiger partial charge in [0.15, 0.2) is 5.11 Å². The van der Waals surface area contributed by atoms with Gasteiger partial charge in [-0.2, -0.15) is 0 Å². The molecule has 5 heteroatoms. The predicted octanol–water partition coefficient (Wildman–Crippen LogP) is 1.11. The van der Waals surface area contributed by atoms with Gasteiger partial charge in [0.2, 0.25) is 0 Å². The van der Waals surface area contributed by atoms with Crippen LogP contribution < -0.4 is 5.32 Å². The molecule has 1 aliphatic rings. The number of alkyl carbamates (subject to hydrolysis) is 1. The number of carbonyl (C=O) groups excluding carboxylic acids is 1. The molecule has 13 heavy (non-hydrogen) atoms. The second-order valence-corrected chi connectivity index (χ2v) is 3.23. The molecule has 74 valence electrons. The Labute approximate surface area is 83.2 Å². The summed E-state index contributed by atoms with van der Waals surface area (Å²) in [4.78, 5) is 12.9. The van der Waals surface area contributed by atoms with Crippen LogP contribution in [0.15, 0.2) is 0 Å². The summed E-state index contributed by atoms with van der Waals surface area (Å²) >= 11 is 5.02. The fraction of sp³-hybridized carbons (Fsp3) is 0.750. The van der Waals surface area contributed by atoms with Crippen molar-refractivity contribution in [3.05, 3.63) is 0 Å². The Bertz CT molecular complexity index is 202. The Morgan fingerprint density at radius 2 is 2.15 bits per heavy atom. The molecule has 1 rings (SSSR count). The van der Waals surface area contributed by atoms with Gasteiger partial charge in [0, 0.05) is 13.1 Å². The number of nitrogens with one attached hydrogen (secondary N) is 1. The summed E-state index contributed by atoms with van der Waals surface area (Å²) in [5.74, 6) is 0. The zero-order valence-electron chi connectivity index (χ0n) is 7.71. The summed E-state index contributed by atoms with van der Waals surface area (Å²) in [7, 11) is 0. The second kappa shape index (κ2) is 5.01. The van der Waals surface area contributed by atoms with E-state index in [0.717, 1.165) is 25.9 Å². The Morgan fingerprint density at radius 1 is 1.54 bits per heavy atom. The number of hydrogen-bond donors (Lipinski definition) is 1. The number of likely N-dealkylation sites (tertiary alicyclic amines) is 1. The van der Waals surface area contributed by atoms with Gasteiger partial charge >= 0.3 is 6.09 Å².